The molecule has 3 N–H and O–H groups in total. The Labute approximate surface area is 125 Å². The number of primary amides is 1. The third-order valence-corrected chi connectivity index (χ3v) is 3.83. The summed E-state index contributed by atoms with van der Waals surface area (Å²) in [5, 5.41) is 3.41. The van der Waals surface area contributed by atoms with Crippen molar-refractivity contribution in [1.82, 2.24) is 0 Å². The van der Waals surface area contributed by atoms with Gasteiger partial charge in [0.15, 0.2) is 0 Å². The first-order valence-corrected chi connectivity index (χ1v) is 7.40. The van der Waals surface area contributed by atoms with Gasteiger partial charge in [0.1, 0.15) is 0 Å². The lowest BCUT2D eigenvalue weighted by atomic mass is 10.1. The molecule has 0 unspecified atom stereocenters. The van der Waals surface area contributed by atoms with Gasteiger partial charge in [0.2, 0.25) is 5.91 Å². The minimum atomic E-state index is -0.299. The fourth-order valence-electron chi connectivity index (χ4n) is 2.52. The largest absolute Gasteiger partial charge is 0.381 e. The first-order valence-electron chi connectivity index (χ1n) is 7.40. The van der Waals surface area contributed by atoms with Gasteiger partial charge in [-0.1, -0.05) is 36.4 Å². The Morgan fingerprint density at radius 3 is 2.52 bits per heavy atom. The molecule has 0 heterocycles. The minimum absolute atomic E-state index is 0.295. The van der Waals surface area contributed by atoms with Gasteiger partial charge in [-0.3, -0.25) is 4.79 Å². The second-order valence-electron chi connectivity index (χ2n) is 5.71. The smallest absolute Gasteiger partial charge is 0.221 e. The molecule has 21 heavy (non-hydrogen) atoms. The van der Waals surface area contributed by atoms with E-state index in [1.54, 1.807) is 0 Å². The molecule has 2 aromatic carbocycles. The number of hydrogen-bond acceptors (Lipinski definition) is 2. The monoisotopic (exact) mass is 280 g/mol. The average Bonchev–Trinajstić information content (AvgIpc) is 3.31. The van der Waals surface area contributed by atoms with Crippen LogP contribution in [0.1, 0.15) is 35.4 Å². The van der Waals surface area contributed by atoms with E-state index in [9.17, 15) is 4.79 Å². The number of benzene rings is 2. The van der Waals surface area contributed by atoms with Crippen LogP contribution in [0.3, 0.4) is 0 Å². The highest BCUT2D eigenvalue weighted by atomic mass is 16.1. The molecule has 1 saturated carbocycles. The van der Waals surface area contributed by atoms with E-state index in [4.69, 9.17) is 5.73 Å². The van der Waals surface area contributed by atoms with E-state index in [-0.39, 0.29) is 5.91 Å². The third kappa shape index (κ3) is 3.85. The zero-order valence-corrected chi connectivity index (χ0v) is 12.0. The molecule has 2 aromatic rings. The zero-order chi connectivity index (χ0) is 14.7. The van der Waals surface area contributed by atoms with E-state index in [0.29, 0.717) is 6.42 Å². The van der Waals surface area contributed by atoms with Crippen LogP contribution < -0.4 is 11.1 Å². The van der Waals surface area contributed by atoms with Crippen molar-refractivity contribution >= 4 is 11.6 Å². The van der Waals surface area contributed by atoms with Crippen LogP contribution in [-0.4, -0.2) is 5.91 Å². The molecule has 0 spiro atoms. The summed E-state index contributed by atoms with van der Waals surface area (Å²) in [6, 6.07) is 16.7. The number of anilines is 1. The highest BCUT2D eigenvalue weighted by molar-refractivity contribution is 5.76. The summed E-state index contributed by atoms with van der Waals surface area (Å²) < 4.78 is 0. The van der Waals surface area contributed by atoms with E-state index in [1.807, 2.05) is 24.3 Å². The molecule has 1 fully saturated rings. The molecule has 3 nitrogen and oxygen atoms in total. The van der Waals surface area contributed by atoms with E-state index in [1.165, 1.54) is 24.0 Å². The maximum atomic E-state index is 10.9. The van der Waals surface area contributed by atoms with Gasteiger partial charge in [0.25, 0.3) is 0 Å². The first-order chi connectivity index (χ1) is 10.2. The van der Waals surface area contributed by atoms with Crippen molar-refractivity contribution in [3.63, 3.8) is 0 Å². The van der Waals surface area contributed by atoms with Gasteiger partial charge in [-0.05, 0) is 47.6 Å². The van der Waals surface area contributed by atoms with Crippen LogP contribution >= 0.6 is 0 Å². The van der Waals surface area contributed by atoms with Crippen LogP contribution in [0.2, 0.25) is 0 Å². The lowest BCUT2D eigenvalue weighted by molar-refractivity contribution is -0.117. The minimum Gasteiger partial charge on any atom is -0.381 e. The molecule has 0 aliphatic heterocycles. The summed E-state index contributed by atoms with van der Waals surface area (Å²) in [6.07, 6.45) is 2.96. The van der Waals surface area contributed by atoms with Gasteiger partial charge in [-0.15, -0.1) is 0 Å². The van der Waals surface area contributed by atoms with Crippen molar-refractivity contribution in [2.24, 2.45) is 5.73 Å². The Morgan fingerprint density at radius 1 is 1.10 bits per heavy atom. The highest BCUT2D eigenvalue weighted by Crippen LogP contribution is 2.40. The van der Waals surface area contributed by atoms with Crippen LogP contribution in [0.15, 0.2) is 48.5 Å². The maximum absolute atomic E-state index is 10.9. The van der Waals surface area contributed by atoms with Gasteiger partial charge in [-0.25, -0.2) is 0 Å². The van der Waals surface area contributed by atoms with Crippen molar-refractivity contribution in [2.45, 2.75) is 31.7 Å². The van der Waals surface area contributed by atoms with Crippen LogP contribution in [0.25, 0.3) is 0 Å². The molecule has 0 aromatic heterocycles. The van der Waals surface area contributed by atoms with Crippen LogP contribution in [0.4, 0.5) is 5.69 Å². The molecule has 3 rings (SSSR count). The number of carbonyl (C=O) groups excluding carboxylic acids is 1. The molecule has 0 bridgehead atoms. The fraction of sp³-hybridized carbons (Fsp3) is 0.278. The topological polar surface area (TPSA) is 55.1 Å². The molecule has 0 atom stereocenters. The van der Waals surface area contributed by atoms with E-state index >= 15 is 0 Å². The van der Waals surface area contributed by atoms with Gasteiger partial charge in [-0.2, -0.15) is 0 Å². The van der Waals surface area contributed by atoms with E-state index in [2.05, 4.69) is 29.6 Å². The van der Waals surface area contributed by atoms with Crippen LogP contribution in [-0.2, 0) is 17.8 Å². The molecule has 1 aliphatic rings. The molecule has 108 valence electrons. The van der Waals surface area contributed by atoms with E-state index < -0.39 is 0 Å². The third-order valence-electron chi connectivity index (χ3n) is 3.83. The Morgan fingerprint density at radius 2 is 1.86 bits per heavy atom. The number of rotatable bonds is 6. The number of nitrogens with two attached hydrogens (primary N) is 1. The van der Waals surface area contributed by atoms with Crippen LogP contribution in [0, 0.1) is 0 Å². The Balaban J connectivity index is 1.59. The second-order valence-corrected chi connectivity index (χ2v) is 5.71. The van der Waals surface area contributed by atoms with Crippen LogP contribution in [0.5, 0.6) is 0 Å². The average molecular weight is 280 g/mol. The van der Waals surface area contributed by atoms with E-state index in [0.717, 1.165) is 23.7 Å². The van der Waals surface area contributed by atoms with Crippen molar-refractivity contribution in [2.75, 3.05) is 5.32 Å². The number of nitrogens with one attached hydrogen (secondary N) is 1. The zero-order valence-electron chi connectivity index (χ0n) is 12.0. The van der Waals surface area contributed by atoms with Crippen molar-refractivity contribution in [3.05, 3.63) is 65.2 Å². The van der Waals surface area contributed by atoms with Crippen molar-refractivity contribution in [1.29, 1.82) is 0 Å². The molecular weight excluding hydrogens is 260 g/mol. The number of amides is 1. The normalized spacial score (nSPS) is 13.9. The Bertz CT molecular complexity index is 630. The predicted molar refractivity (Wildman–Crippen MR) is 85.1 cm³/mol. The van der Waals surface area contributed by atoms with Gasteiger partial charge in [0.05, 0.1) is 6.42 Å². The molecule has 0 saturated heterocycles. The fourth-order valence-corrected chi connectivity index (χ4v) is 2.52. The summed E-state index contributed by atoms with van der Waals surface area (Å²) in [6.45, 7) is 0.815. The molecule has 3 heteroatoms. The molecule has 1 amide bonds. The maximum Gasteiger partial charge on any atom is 0.221 e. The van der Waals surface area contributed by atoms with Gasteiger partial charge in [0, 0.05) is 12.2 Å². The standard InChI is InChI=1S/C18H20N2O/c19-18(21)11-13-4-8-17(9-5-13)20-12-14-2-1-3-16(10-14)15-6-7-15/h1-5,8-10,15,20H,6-7,11-12H2,(H2,19,21). The predicted octanol–water partition coefficient (Wildman–Crippen LogP) is 3.20. The van der Waals surface area contributed by atoms with Crippen molar-refractivity contribution in [3.8, 4) is 0 Å². The lowest BCUT2D eigenvalue weighted by Crippen LogP contribution is -2.13. The highest BCUT2D eigenvalue weighted by Gasteiger charge is 2.23. The number of hydrogen-bond donors (Lipinski definition) is 2. The molecule has 0 radical (unpaired) electrons. The quantitative estimate of drug-likeness (QED) is 0.853. The summed E-state index contributed by atoms with van der Waals surface area (Å²) in [7, 11) is 0. The summed E-state index contributed by atoms with van der Waals surface area (Å²) in [5.74, 6) is 0.491. The lowest BCUT2D eigenvalue weighted by Gasteiger charge is -2.09. The number of carbonyl (C=O) groups is 1. The van der Waals surface area contributed by atoms with Gasteiger partial charge < -0.3 is 11.1 Å². The van der Waals surface area contributed by atoms with Crippen molar-refractivity contribution < 1.29 is 4.79 Å². The molecular formula is C18H20N2O. The summed E-state index contributed by atoms with van der Waals surface area (Å²) >= 11 is 0. The summed E-state index contributed by atoms with van der Waals surface area (Å²) in [5.41, 5.74) is 9.96. The SMILES string of the molecule is NC(=O)Cc1ccc(NCc2cccc(C3CC3)c2)cc1. The summed E-state index contributed by atoms with van der Waals surface area (Å²) in [4.78, 5) is 10.9. The Kier molecular flexibility index (Phi) is 3.91. The Hall–Kier alpha value is -2.29. The van der Waals surface area contributed by atoms with Gasteiger partial charge >= 0.3 is 0 Å². The second kappa shape index (κ2) is 6.00. The first kappa shape index (κ1) is 13.7. The molecule has 1 aliphatic carbocycles.